The number of hydrogen-bond acceptors (Lipinski definition) is 12. The van der Waals surface area contributed by atoms with Crippen molar-refractivity contribution in [2.24, 2.45) is 11.3 Å². The van der Waals surface area contributed by atoms with Crippen LogP contribution in [0.15, 0.2) is 78.1 Å². The Bertz CT molecular complexity index is 2700. The van der Waals surface area contributed by atoms with Crippen molar-refractivity contribution in [2.45, 2.75) is 107 Å². The number of anilines is 2. The van der Waals surface area contributed by atoms with Crippen molar-refractivity contribution in [1.82, 2.24) is 24.6 Å². The van der Waals surface area contributed by atoms with E-state index in [4.69, 9.17) is 4.74 Å². The Balaban J connectivity index is 0.905. The van der Waals surface area contributed by atoms with E-state index in [2.05, 4.69) is 68.2 Å². The Kier molecular flexibility index (Phi) is 12.1. The number of aromatic amines is 1. The maximum atomic E-state index is 14.6. The van der Waals surface area contributed by atoms with Gasteiger partial charge in [-0.2, -0.15) is 0 Å². The molecular formula is C48H57FN8O7S. The molecule has 2 aliphatic heterocycles. The summed E-state index contributed by atoms with van der Waals surface area (Å²) in [5.74, 6) is -0.353. The highest BCUT2D eigenvalue weighted by atomic mass is 32.2. The SMILES string of the molecule is CC(C)c1ccccc1[C@H]1CCC[C@H]1N1CC2(CCN(c3ccc(C(=O)NS(=O)(=O)c4cnc(NCC5CCC(C)(O)CC5)c([N+](=O)[O-])c4)c(Oc4cnc5[nH]cc(F)c5c4)c3)CC2)C1. The topological polar surface area (TPSA) is 196 Å². The molecule has 15 nitrogen and oxygen atoms in total. The maximum absolute atomic E-state index is 14.6. The first-order chi connectivity index (χ1) is 31.1. The van der Waals surface area contributed by atoms with E-state index in [1.54, 1.807) is 19.1 Å². The number of H-pyrrole nitrogens is 1. The van der Waals surface area contributed by atoms with Gasteiger partial charge in [-0.1, -0.05) is 44.5 Å². The van der Waals surface area contributed by atoms with Gasteiger partial charge >= 0.3 is 5.69 Å². The Labute approximate surface area is 378 Å². The average molecular weight is 909 g/mol. The van der Waals surface area contributed by atoms with Gasteiger partial charge in [0.2, 0.25) is 5.82 Å². The average Bonchev–Trinajstić information content (AvgIpc) is 3.91. The highest BCUT2D eigenvalue weighted by Gasteiger charge is 2.49. The van der Waals surface area contributed by atoms with E-state index in [-0.39, 0.29) is 39.6 Å². The van der Waals surface area contributed by atoms with Gasteiger partial charge in [-0.25, -0.2) is 27.5 Å². The summed E-state index contributed by atoms with van der Waals surface area (Å²) in [4.78, 5) is 40.8. The Morgan fingerprint density at radius 3 is 2.52 bits per heavy atom. The van der Waals surface area contributed by atoms with Gasteiger partial charge < -0.3 is 25.0 Å². The number of carbonyl (C=O) groups is 1. The van der Waals surface area contributed by atoms with Crippen molar-refractivity contribution < 1.29 is 32.4 Å². The van der Waals surface area contributed by atoms with Crippen LogP contribution < -0.4 is 19.7 Å². The summed E-state index contributed by atoms with van der Waals surface area (Å²) >= 11 is 0. The normalized spacial score (nSPS) is 23.4. The number of benzene rings is 2. The van der Waals surface area contributed by atoms with Gasteiger partial charge in [0.15, 0.2) is 0 Å². The van der Waals surface area contributed by atoms with Gasteiger partial charge in [-0.15, -0.1) is 0 Å². The van der Waals surface area contributed by atoms with Crippen molar-refractivity contribution in [3.8, 4) is 11.5 Å². The number of nitrogens with zero attached hydrogens (tertiary/aromatic N) is 5. The van der Waals surface area contributed by atoms with E-state index >= 15 is 0 Å². The van der Waals surface area contributed by atoms with E-state index in [9.17, 15) is 32.8 Å². The lowest BCUT2D eigenvalue weighted by Crippen LogP contribution is -2.63. The van der Waals surface area contributed by atoms with Gasteiger partial charge in [-0.05, 0) is 111 Å². The molecule has 5 heterocycles. The fourth-order valence-corrected chi connectivity index (χ4v) is 11.6. The number of pyridine rings is 2. The number of nitrogens with one attached hydrogen (secondary N) is 3. The van der Waals surface area contributed by atoms with Crippen LogP contribution in [0, 0.1) is 27.3 Å². The third-order valence-corrected chi connectivity index (χ3v) is 15.7. The molecule has 2 saturated carbocycles. The Hall–Kier alpha value is -5.65. The third-order valence-electron chi connectivity index (χ3n) is 14.4. The van der Waals surface area contributed by atoms with Crippen molar-refractivity contribution in [3.05, 3.63) is 106 Å². The van der Waals surface area contributed by atoms with Crippen molar-refractivity contribution in [2.75, 3.05) is 42.9 Å². The number of piperidine rings is 1. The number of fused-ring (bicyclic) bond motifs is 1. The maximum Gasteiger partial charge on any atom is 0.312 e. The predicted octanol–water partition coefficient (Wildman–Crippen LogP) is 8.63. The second-order valence-electron chi connectivity index (χ2n) is 19.3. The number of amides is 1. The standard InChI is InChI=1S/C48H57FN8O7S/c1-30(2)35-7-4-5-8-36(35)37-9-6-10-41(37)56-28-48(29-56)17-19-55(20-18-48)32-11-12-38(43(21-32)64-33-22-39-40(49)27-53-44(39)51-25-33)46(58)54-65(62,63)34-23-42(57(60)61)45(52-26-34)50-24-31-13-15-47(3,59)16-14-31/h4-5,7-8,11-12,21-23,25-27,30-31,37,41,59H,6,9-10,13-20,24,28-29H2,1-3H3,(H,50,52)(H,51,53)(H,54,58)/t31?,37-,41-,47?/m1/s1. The van der Waals surface area contributed by atoms with Crippen LogP contribution in [0.1, 0.15) is 112 Å². The summed E-state index contributed by atoms with van der Waals surface area (Å²) in [6, 6.07) is 16.7. The fraction of sp³-hybridized carbons (Fsp3) is 0.479. The zero-order valence-corrected chi connectivity index (χ0v) is 37.9. The number of sulfonamides is 1. The van der Waals surface area contributed by atoms with E-state index in [1.165, 1.54) is 54.9 Å². The van der Waals surface area contributed by atoms with Crippen molar-refractivity contribution >= 4 is 44.2 Å². The quantitative estimate of drug-likeness (QED) is 0.0650. The summed E-state index contributed by atoms with van der Waals surface area (Å²) in [6.07, 6.45) is 11.8. The molecule has 2 aliphatic carbocycles. The summed E-state index contributed by atoms with van der Waals surface area (Å²) in [6.45, 7) is 10.4. The van der Waals surface area contributed by atoms with Crippen LogP contribution in [-0.2, 0) is 10.0 Å². The molecule has 1 spiro atoms. The Morgan fingerprint density at radius 1 is 1.03 bits per heavy atom. The van der Waals surface area contributed by atoms with Crippen LogP contribution in [0.4, 0.5) is 21.6 Å². The largest absolute Gasteiger partial charge is 0.455 e. The van der Waals surface area contributed by atoms with Crippen LogP contribution in [0.25, 0.3) is 11.0 Å². The van der Waals surface area contributed by atoms with Gasteiger partial charge in [0.05, 0.1) is 33.9 Å². The van der Waals surface area contributed by atoms with Crippen LogP contribution in [0.5, 0.6) is 11.5 Å². The van der Waals surface area contributed by atoms with Crippen LogP contribution in [-0.4, -0.2) is 88.6 Å². The molecule has 2 atom stereocenters. The first-order valence-electron chi connectivity index (χ1n) is 22.8. The molecule has 4 N–H and O–H groups in total. The summed E-state index contributed by atoms with van der Waals surface area (Å²) in [5, 5.41) is 25.6. The highest BCUT2D eigenvalue weighted by Crippen LogP contribution is 2.49. The molecule has 2 aromatic carbocycles. The molecule has 344 valence electrons. The van der Waals surface area contributed by atoms with Crippen molar-refractivity contribution in [3.63, 3.8) is 0 Å². The molecule has 4 aliphatic rings. The minimum absolute atomic E-state index is 0.0178. The number of ether oxygens (including phenoxy) is 1. The molecule has 2 saturated heterocycles. The first kappa shape index (κ1) is 44.5. The van der Waals surface area contributed by atoms with E-state index in [0.717, 1.165) is 69.8 Å². The third kappa shape index (κ3) is 9.27. The lowest BCUT2D eigenvalue weighted by Gasteiger charge is -2.57. The fourth-order valence-electron chi connectivity index (χ4n) is 10.7. The van der Waals surface area contributed by atoms with Gasteiger partial charge in [0.1, 0.15) is 27.9 Å². The number of carbonyl (C=O) groups excluding carboxylic acids is 1. The zero-order chi connectivity index (χ0) is 45.7. The number of aliphatic hydroxyl groups is 1. The van der Waals surface area contributed by atoms with Crippen molar-refractivity contribution in [1.29, 1.82) is 0 Å². The number of hydrogen-bond donors (Lipinski definition) is 4. The molecule has 0 bridgehead atoms. The monoisotopic (exact) mass is 908 g/mol. The number of likely N-dealkylation sites (tertiary alicyclic amines) is 1. The minimum atomic E-state index is -4.68. The number of aromatic nitrogens is 3. The van der Waals surface area contributed by atoms with Gasteiger partial charge in [0.25, 0.3) is 15.9 Å². The Morgan fingerprint density at radius 2 is 1.78 bits per heavy atom. The zero-order valence-electron chi connectivity index (χ0n) is 37.1. The smallest absolute Gasteiger partial charge is 0.312 e. The van der Waals surface area contributed by atoms with Crippen LogP contribution in [0.3, 0.4) is 0 Å². The van der Waals surface area contributed by atoms with E-state index < -0.39 is 42.9 Å². The van der Waals surface area contributed by atoms with Crippen LogP contribution >= 0.6 is 0 Å². The second-order valence-corrected chi connectivity index (χ2v) is 21.0. The second kappa shape index (κ2) is 17.6. The number of rotatable bonds is 13. The van der Waals surface area contributed by atoms with Gasteiger partial charge in [0, 0.05) is 62.8 Å². The summed E-state index contributed by atoms with van der Waals surface area (Å²) < 4.78 is 50.3. The molecular weight excluding hydrogens is 852 g/mol. The summed E-state index contributed by atoms with van der Waals surface area (Å²) in [7, 11) is -4.68. The molecule has 3 aromatic heterocycles. The predicted molar refractivity (Wildman–Crippen MR) is 246 cm³/mol. The summed E-state index contributed by atoms with van der Waals surface area (Å²) in [5.41, 5.74) is 2.84. The van der Waals surface area contributed by atoms with E-state index in [0.29, 0.717) is 42.9 Å². The molecule has 0 radical (unpaired) electrons. The molecule has 4 fully saturated rings. The number of halogens is 1. The van der Waals surface area contributed by atoms with Gasteiger partial charge in [-0.3, -0.25) is 19.8 Å². The van der Waals surface area contributed by atoms with E-state index in [1.807, 2.05) is 4.72 Å². The molecule has 5 aromatic rings. The molecule has 1 amide bonds. The number of nitro groups is 1. The lowest BCUT2D eigenvalue weighted by atomic mass is 9.70. The lowest BCUT2D eigenvalue weighted by molar-refractivity contribution is -0.384. The molecule has 65 heavy (non-hydrogen) atoms. The minimum Gasteiger partial charge on any atom is -0.455 e. The first-order valence-corrected chi connectivity index (χ1v) is 24.3. The highest BCUT2D eigenvalue weighted by molar-refractivity contribution is 7.90. The van der Waals surface area contributed by atoms with Crippen LogP contribution in [0.2, 0.25) is 0 Å². The molecule has 0 unspecified atom stereocenters. The molecule has 17 heteroatoms. The molecule has 9 rings (SSSR count).